The van der Waals surface area contributed by atoms with Gasteiger partial charge in [-0.1, -0.05) is 55.7 Å². The molecular weight excluding hydrogens is 464 g/mol. The molecule has 35 heavy (non-hydrogen) atoms. The van der Waals surface area contributed by atoms with E-state index in [1.807, 2.05) is 29.2 Å². The highest BCUT2D eigenvalue weighted by Crippen LogP contribution is 2.46. The van der Waals surface area contributed by atoms with E-state index in [9.17, 15) is 14.7 Å². The van der Waals surface area contributed by atoms with Gasteiger partial charge < -0.3 is 20.0 Å². The van der Waals surface area contributed by atoms with Crippen LogP contribution in [0.1, 0.15) is 56.6 Å². The van der Waals surface area contributed by atoms with Crippen LogP contribution in [0.4, 0.5) is 11.4 Å². The van der Waals surface area contributed by atoms with Gasteiger partial charge in [-0.25, -0.2) is 0 Å². The fourth-order valence-electron chi connectivity index (χ4n) is 4.99. The van der Waals surface area contributed by atoms with Gasteiger partial charge in [0.1, 0.15) is 0 Å². The van der Waals surface area contributed by atoms with Crippen LogP contribution >= 0.6 is 11.6 Å². The Labute approximate surface area is 211 Å². The molecule has 2 aromatic carbocycles. The molecule has 2 N–H and O–H groups in total. The van der Waals surface area contributed by atoms with E-state index in [0.29, 0.717) is 29.1 Å². The van der Waals surface area contributed by atoms with Crippen LogP contribution in [0.2, 0.25) is 5.02 Å². The maximum Gasteiger partial charge on any atom is 0.264 e. The molecule has 0 unspecified atom stereocenters. The lowest BCUT2D eigenvalue weighted by Crippen LogP contribution is -2.44. The van der Waals surface area contributed by atoms with Crippen molar-refractivity contribution in [3.8, 4) is 0 Å². The average Bonchev–Trinajstić information content (AvgIpc) is 3.05. The number of halogens is 1. The van der Waals surface area contributed by atoms with Gasteiger partial charge in [-0.05, 0) is 55.2 Å². The minimum Gasteiger partial charge on any atom is -0.396 e. The van der Waals surface area contributed by atoms with Crippen molar-refractivity contribution in [3.05, 3.63) is 70.8 Å². The lowest BCUT2D eigenvalue weighted by atomic mass is 9.83. The lowest BCUT2D eigenvalue weighted by molar-refractivity contribution is -0.139. The molecule has 0 bridgehead atoms. The average molecular weight is 497 g/mol. The van der Waals surface area contributed by atoms with Crippen molar-refractivity contribution < 1.29 is 19.8 Å². The number of rotatable bonds is 7. The third kappa shape index (κ3) is 5.15. The van der Waals surface area contributed by atoms with Gasteiger partial charge in [-0.15, -0.1) is 0 Å². The van der Waals surface area contributed by atoms with Gasteiger partial charge in [0, 0.05) is 41.8 Å². The maximum atomic E-state index is 13.6. The number of amides is 2. The Morgan fingerprint density at radius 1 is 1.09 bits per heavy atom. The highest BCUT2D eigenvalue weighted by atomic mass is 35.5. The van der Waals surface area contributed by atoms with Crippen LogP contribution in [0.3, 0.4) is 0 Å². The summed E-state index contributed by atoms with van der Waals surface area (Å²) in [4.78, 5) is 29.6. The van der Waals surface area contributed by atoms with Gasteiger partial charge in [-0.3, -0.25) is 9.59 Å². The normalized spacial score (nSPS) is 21.8. The summed E-state index contributed by atoms with van der Waals surface area (Å²) in [6.45, 7) is 2.81. The van der Waals surface area contributed by atoms with Gasteiger partial charge in [0.2, 0.25) is 5.91 Å². The molecule has 0 spiro atoms. The molecule has 2 aliphatic heterocycles. The molecule has 4 rings (SSSR count). The number of benzene rings is 2. The second-order valence-corrected chi connectivity index (χ2v) is 9.86. The van der Waals surface area contributed by atoms with Gasteiger partial charge in [0.25, 0.3) is 5.91 Å². The predicted octanol–water partition coefficient (Wildman–Crippen LogP) is 4.95. The summed E-state index contributed by atoms with van der Waals surface area (Å²) < 4.78 is 0. The van der Waals surface area contributed by atoms with E-state index in [1.165, 1.54) is 0 Å². The number of carbonyl (C=O) groups is 2. The van der Waals surface area contributed by atoms with E-state index in [0.717, 1.165) is 43.5 Å². The molecule has 2 atom stereocenters. The van der Waals surface area contributed by atoms with Crippen molar-refractivity contribution in [3.63, 3.8) is 0 Å². The first-order valence-electron chi connectivity index (χ1n) is 12.4. The second kappa shape index (κ2) is 10.9. The molecule has 0 aliphatic carbocycles. The van der Waals surface area contributed by atoms with E-state index in [-0.39, 0.29) is 19.1 Å². The number of fused-ring (bicyclic) bond motifs is 1. The first-order chi connectivity index (χ1) is 16.9. The van der Waals surface area contributed by atoms with Gasteiger partial charge >= 0.3 is 0 Å². The molecule has 186 valence electrons. The van der Waals surface area contributed by atoms with E-state index in [4.69, 9.17) is 16.7 Å². The summed E-state index contributed by atoms with van der Waals surface area (Å²) in [5.74, 6) is -0.755. The summed E-state index contributed by atoms with van der Waals surface area (Å²) >= 11 is 6.24. The quantitative estimate of drug-likeness (QED) is 0.532. The third-order valence-corrected chi connectivity index (χ3v) is 7.26. The number of anilines is 2. The van der Waals surface area contributed by atoms with E-state index in [2.05, 4.69) is 0 Å². The monoisotopic (exact) mass is 496 g/mol. The zero-order chi connectivity index (χ0) is 25.0. The Balaban J connectivity index is 1.58. The Bertz CT molecular complexity index is 1100. The molecular formula is C28H33ClN2O4. The largest absolute Gasteiger partial charge is 0.396 e. The molecule has 6 nitrogen and oxygen atoms in total. The zero-order valence-corrected chi connectivity index (χ0v) is 20.9. The minimum absolute atomic E-state index is 0.00313. The summed E-state index contributed by atoms with van der Waals surface area (Å²) in [6.07, 6.45) is 8.74. The van der Waals surface area contributed by atoms with Crippen molar-refractivity contribution in [1.82, 2.24) is 0 Å². The Hall–Kier alpha value is -2.67. The third-order valence-electron chi connectivity index (χ3n) is 7.02. The Kier molecular flexibility index (Phi) is 7.95. The smallest absolute Gasteiger partial charge is 0.264 e. The standard InChI is InChI=1S/C28H33ClN2O4/c1-20(8-5-7-17-32)28(35)24-18-22(29)12-15-25(24)31(27(28)34)19-21-10-13-23(14-11-21)30-16-6-3-2-4-9-26(30)33/h5,8,10-15,18,20,32,35H,2-4,6-7,9,16-17,19H2,1H3/b8-5+/t20-,28+/m1/s1. The molecule has 1 saturated heterocycles. The number of hydrogen-bond acceptors (Lipinski definition) is 4. The number of aliphatic hydroxyl groups excluding tert-OH is 1. The molecule has 2 aliphatic rings. The minimum atomic E-state index is -1.75. The van der Waals surface area contributed by atoms with Crippen LogP contribution in [0.25, 0.3) is 0 Å². The van der Waals surface area contributed by atoms with Crippen LogP contribution in [0, 0.1) is 5.92 Å². The number of hydrogen-bond donors (Lipinski definition) is 2. The molecule has 0 radical (unpaired) electrons. The van der Waals surface area contributed by atoms with Crippen molar-refractivity contribution in [2.45, 2.75) is 57.6 Å². The predicted molar refractivity (Wildman–Crippen MR) is 138 cm³/mol. The fraction of sp³-hybridized carbons (Fsp3) is 0.429. The summed E-state index contributed by atoms with van der Waals surface area (Å²) in [5.41, 5.74) is 1.14. The molecule has 1 fully saturated rings. The van der Waals surface area contributed by atoms with Crippen LogP contribution in [-0.2, 0) is 21.7 Å². The Morgan fingerprint density at radius 2 is 1.83 bits per heavy atom. The van der Waals surface area contributed by atoms with E-state index in [1.54, 1.807) is 42.2 Å². The van der Waals surface area contributed by atoms with Crippen LogP contribution in [0.5, 0.6) is 0 Å². The fourth-order valence-corrected chi connectivity index (χ4v) is 5.16. The summed E-state index contributed by atoms with van der Waals surface area (Å²) in [5, 5.41) is 21.2. The molecule has 2 heterocycles. The number of carbonyl (C=O) groups excluding carboxylic acids is 2. The highest BCUT2D eigenvalue weighted by molar-refractivity contribution is 6.31. The van der Waals surface area contributed by atoms with Crippen molar-refractivity contribution in [1.29, 1.82) is 0 Å². The van der Waals surface area contributed by atoms with Gasteiger partial charge in [0.05, 0.1) is 12.2 Å². The van der Waals surface area contributed by atoms with E-state index < -0.39 is 17.4 Å². The molecule has 0 aromatic heterocycles. The van der Waals surface area contributed by atoms with Crippen LogP contribution < -0.4 is 9.80 Å². The van der Waals surface area contributed by atoms with Crippen LogP contribution in [-0.4, -0.2) is 35.2 Å². The first kappa shape index (κ1) is 25.4. The van der Waals surface area contributed by atoms with Gasteiger partial charge in [0.15, 0.2) is 5.60 Å². The lowest BCUT2D eigenvalue weighted by Gasteiger charge is -2.28. The molecule has 2 amide bonds. The first-order valence-corrected chi connectivity index (χ1v) is 12.7. The second-order valence-electron chi connectivity index (χ2n) is 9.42. The number of nitrogens with zero attached hydrogens (tertiary/aromatic N) is 2. The molecule has 0 saturated carbocycles. The van der Waals surface area contributed by atoms with Crippen molar-refractivity contribution >= 4 is 34.8 Å². The zero-order valence-electron chi connectivity index (χ0n) is 20.1. The van der Waals surface area contributed by atoms with Crippen molar-refractivity contribution in [2.24, 2.45) is 5.92 Å². The van der Waals surface area contributed by atoms with E-state index >= 15 is 0 Å². The number of aliphatic hydroxyl groups is 2. The van der Waals surface area contributed by atoms with Crippen molar-refractivity contribution in [2.75, 3.05) is 23.0 Å². The molecule has 7 heteroatoms. The maximum absolute atomic E-state index is 13.6. The van der Waals surface area contributed by atoms with Crippen LogP contribution in [0.15, 0.2) is 54.6 Å². The highest BCUT2D eigenvalue weighted by Gasteiger charge is 2.52. The Morgan fingerprint density at radius 3 is 2.57 bits per heavy atom. The molecule has 2 aromatic rings. The summed E-state index contributed by atoms with van der Waals surface area (Å²) in [7, 11) is 0. The SMILES string of the molecule is C[C@H](/C=C/CCO)[C@@]1(O)C(=O)N(Cc2ccc(N3CCCCCCC3=O)cc2)c2ccc(Cl)cc21. The summed E-state index contributed by atoms with van der Waals surface area (Å²) in [6, 6.07) is 12.9. The van der Waals surface area contributed by atoms with Gasteiger partial charge in [-0.2, -0.15) is 0 Å². The topological polar surface area (TPSA) is 81.1 Å².